The number of nitrogen functional groups attached to an aromatic ring is 1. The Morgan fingerprint density at radius 3 is 2.94 bits per heavy atom. The number of furan rings is 1. The van der Waals surface area contributed by atoms with Crippen molar-refractivity contribution in [3.05, 3.63) is 47.6 Å². The highest BCUT2D eigenvalue weighted by Crippen LogP contribution is 2.24. The van der Waals surface area contributed by atoms with Gasteiger partial charge in [-0.05, 0) is 12.1 Å². The second kappa shape index (κ2) is 3.69. The summed E-state index contributed by atoms with van der Waals surface area (Å²) in [5.41, 5.74) is 5.81. The topological polar surface area (TPSA) is 84.9 Å². The number of aromatic amines is 1. The Bertz CT molecular complexity index is 745. The van der Waals surface area contributed by atoms with Crippen LogP contribution in [0.25, 0.3) is 11.0 Å². The average molecular weight is 245 g/mol. The van der Waals surface area contributed by atoms with Gasteiger partial charge in [0.15, 0.2) is 17.2 Å². The number of rotatable bonds is 2. The van der Waals surface area contributed by atoms with Crippen molar-refractivity contribution < 1.29 is 13.6 Å². The van der Waals surface area contributed by atoms with Gasteiger partial charge in [0.05, 0.1) is 11.8 Å². The number of nitrogens with two attached hydrogens (primary N) is 1. The van der Waals surface area contributed by atoms with Gasteiger partial charge >= 0.3 is 0 Å². The maximum Gasteiger partial charge on any atom is 0.233 e. The Balaban J connectivity index is 2.13. The van der Waals surface area contributed by atoms with E-state index in [9.17, 15) is 9.18 Å². The number of halogens is 1. The lowest BCUT2D eigenvalue weighted by Gasteiger charge is -1.93. The van der Waals surface area contributed by atoms with E-state index in [4.69, 9.17) is 10.2 Å². The van der Waals surface area contributed by atoms with E-state index in [1.165, 1.54) is 18.3 Å². The molecule has 3 N–H and O–H groups in total. The highest BCUT2D eigenvalue weighted by molar-refractivity contribution is 6.11. The monoisotopic (exact) mass is 245 g/mol. The summed E-state index contributed by atoms with van der Waals surface area (Å²) in [6.07, 6.45) is 1.31. The van der Waals surface area contributed by atoms with Gasteiger partial charge in [0, 0.05) is 5.39 Å². The lowest BCUT2D eigenvalue weighted by atomic mass is 10.1. The molecule has 90 valence electrons. The molecule has 3 aromatic rings. The summed E-state index contributed by atoms with van der Waals surface area (Å²) in [5, 5.41) is 6.64. The Labute approximate surface area is 100 Å². The van der Waals surface area contributed by atoms with Gasteiger partial charge in [-0.15, -0.1) is 0 Å². The van der Waals surface area contributed by atoms with E-state index in [-0.39, 0.29) is 22.7 Å². The molecule has 2 heterocycles. The van der Waals surface area contributed by atoms with Crippen molar-refractivity contribution >= 4 is 22.6 Å². The molecule has 2 aromatic heterocycles. The van der Waals surface area contributed by atoms with E-state index in [0.717, 1.165) is 0 Å². The van der Waals surface area contributed by atoms with Crippen molar-refractivity contribution in [1.82, 2.24) is 10.2 Å². The Morgan fingerprint density at radius 1 is 1.44 bits per heavy atom. The van der Waals surface area contributed by atoms with Gasteiger partial charge in [-0.25, -0.2) is 4.39 Å². The standard InChI is InChI=1S/C12H8FN3O2/c13-8-3-1-2-6-4-9(18-11(6)8)10(17)7-5-15-16-12(7)14/h1-5H,(H3,14,15,16). The van der Waals surface area contributed by atoms with Gasteiger partial charge < -0.3 is 10.2 Å². The molecule has 0 atom stereocenters. The van der Waals surface area contributed by atoms with Crippen LogP contribution in [0.1, 0.15) is 16.1 Å². The van der Waals surface area contributed by atoms with Crippen LogP contribution in [-0.2, 0) is 0 Å². The lowest BCUT2D eigenvalue weighted by Crippen LogP contribution is -2.01. The van der Waals surface area contributed by atoms with Crippen molar-refractivity contribution in [3.63, 3.8) is 0 Å². The van der Waals surface area contributed by atoms with Crippen LogP contribution in [0.2, 0.25) is 0 Å². The van der Waals surface area contributed by atoms with Crippen LogP contribution in [0.5, 0.6) is 0 Å². The zero-order valence-corrected chi connectivity index (χ0v) is 9.11. The molecule has 0 aliphatic heterocycles. The third-order valence-electron chi connectivity index (χ3n) is 2.63. The van der Waals surface area contributed by atoms with Crippen LogP contribution >= 0.6 is 0 Å². The molecule has 0 spiro atoms. The average Bonchev–Trinajstić information content (AvgIpc) is 2.95. The zero-order chi connectivity index (χ0) is 12.7. The molecule has 18 heavy (non-hydrogen) atoms. The van der Waals surface area contributed by atoms with E-state index in [0.29, 0.717) is 5.39 Å². The van der Waals surface area contributed by atoms with E-state index < -0.39 is 11.6 Å². The van der Waals surface area contributed by atoms with Crippen LogP contribution in [0.3, 0.4) is 0 Å². The third kappa shape index (κ3) is 1.46. The molecule has 0 unspecified atom stereocenters. The van der Waals surface area contributed by atoms with Crippen molar-refractivity contribution in [3.8, 4) is 0 Å². The molecule has 0 fully saturated rings. The summed E-state index contributed by atoms with van der Waals surface area (Å²) in [6.45, 7) is 0. The minimum atomic E-state index is -0.508. The molecule has 6 heteroatoms. The van der Waals surface area contributed by atoms with Gasteiger partial charge in [0.2, 0.25) is 5.78 Å². The van der Waals surface area contributed by atoms with E-state index in [2.05, 4.69) is 10.2 Å². The van der Waals surface area contributed by atoms with Gasteiger partial charge in [0.1, 0.15) is 5.82 Å². The molecule has 0 bridgehead atoms. The summed E-state index contributed by atoms with van der Waals surface area (Å²) in [6, 6.07) is 5.96. The zero-order valence-electron chi connectivity index (χ0n) is 9.11. The van der Waals surface area contributed by atoms with E-state index in [1.807, 2.05) is 0 Å². The minimum absolute atomic E-state index is 0.0307. The maximum atomic E-state index is 13.4. The number of anilines is 1. The summed E-state index contributed by atoms with van der Waals surface area (Å²) in [5.74, 6) is -0.757. The first-order valence-electron chi connectivity index (χ1n) is 5.18. The molecule has 0 saturated heterocycles. The number of carbonyl (C=O) groups is 1. The van der Waals surface area contributed by atoms with Crippen LogP contribution in [0.15, 0.2) is 34.9 Å². The number of fused-ring (bicyclic) bond motifs is 1. The number of para-hydroxylation sites is 1. The minimum Gasteiger partial charge on any atom is -0.449 e. The Morgan fingerprint density at radius 2 is 2.28 bits per heavy atom. The van der Waals surface area contributed by atoms with Crippen LogP contribution in [-0.4, -0.2) is 16.0 Å². The number of aromatic nitrogens is 2. The van der Waals surface area contributed by atoms with Gasteiger partial charge in [-0.2, -0.15) is 5.10 Å². The maximum absolute atomic E-state index is 13.4. The highest BCUT2D eigenvalue weighted by atomic mass is 19.1. The van der Waals surface area contributed by atoms with Crippen LogP contribution in [0.4, 0.5) is 10.2 Å². The van der Waals surface area contributed by atoms with E-state index in [1.54, 1.807) is 12.1 Å². The second-order valence-electron chi connectivity index (χ2n) is 3.80. The predicted octanol–water partition coefficient (Wildman–Crippen LogP) is 2.11. The number of hydrogen-bond acceptors (Lipinski definition) is 4. The molecular formula is C12H8FN3O2. The molecule has 0 amide bonds. The fourth-order valence-corrected chi connectivity index (χ4v) is 1.75. The van der Waals surface area contributed by atoms with Gasteiger partial charge in [0.25, 0.3) is 0 Å². The summed E-state index contributed by atoms with van der Waals surface area (Å²) < 4.78 is 18.7. The third-order valence-corrected chi connectivity index (χ3v) is 2.63. The number of H-pyrrole nitrogens is 1. The quantitative estimate of drug-likeness (QED) is 0.677. The normalized spacial score (nSPS) is 10.9. The molecule has 0 saturated carbocycles. The highest BCUT2D eigenvalue weighted by Gasteiger charge is 2.19. The lowest BCUT2D eigenvalue weighted by molar-refractivity contribution is 0.101. The molecule has 5 nitrogen and oxygen atoms in total. The molecule has 0 aliphatic rings. The second-order valence-corrected chi connectivity index (χ2v) is 3.80. The fraction of sp³-hybridized carbons (Fsp3) is 0. The number of benzene rings is 1. The SMILES string of the molecule is Nc1[nH]ncc1C(=O)c1cc2cccc(F)c2o1. The number of nitrogens with one attached hydrogen (secondary N) is 1. The first kappa shape index (κ1) is 10.5. The van der Waals surface area contributed by atoms with Crippen molar-refractivity contribution in [2.45, 2.75) is 0 Å². The number of hydrogen-bond donors (Lipinski definition) is 2. The number of carbonyl (C=O) groups excluding carboxylic acids is 1. The number of ketones is 1. The molecule has 0 aliphatic carbocycles. The predicted molar refractivity (Wildman–Crippen MR) is 62.6 cm³/mol. The smallest absolute Gasteiger partial charge is 0.233 e. The fourth-order valence-electron chi connectivity index (χ4n) is 1.75. The number of nitrogens with zero attached hydrogens (tertiary/aromatic N) is 1. The molecular weight excluding hydrogens is 237 g/mol. The van der Waals surface area contributed by atoms with E-state index >= 15 is 0 Å². The Hall–Kier alpha value is -2.63. The first-order chi connectivity index (χ1) is 8.66. The van der Waals surface area contributed by atoms with Crippen molar-refractivity contribution in [1.29, 1.82) is 0 Å². The first-order valence-corrected chi connectivity index (χ1v) is 5.18. The van der Waals surface area contributed by atoms with Gasteiger partial charge in [-0.1, -0.05) is 12.1 Å². The summed E-state index contributed by atoms with van der Waals surface area (Å²) in [4.78, 5) is 12.1. The Kier molecular flexibility index (Phi) is 2.16. The molecule has 3 rings (SSSR count). The largest absolute Gasteiger partial charge is 0.449 e. The summed E-state index contributed by atoms with van der Waals surface area (Å²) in [7, 11) is 0. The van der Waals surface area contributed by atoms with Crippen molar-refractivity contribution in [2.24, 2.45) is 0 Å². The molecule has 1 aromatic carbocycles. The van der Waals surface area contributed by atoms with Crippen molar-refractivity contribution in [2.75, 3.05) is 5.73 Å². The van der Waals surface area contributed by atoms with Crippen LogP contribution in [0, 0.1) is 5.82 Å². The summed E-state index contributed by atoms with van der Waals surface area (Å²) >= 11 is 0. The molecule has 0 radical (unpaired) electrons. The van der Waals surface area contributed by atoms with Gasteiger partial charge in [-0.3, -0.25) is 9.89 Å². The van der Waals surface area contributed by atoms with Crippen LogP contribution < -0.4 is 5.73 Å².